The lowest BCUT2D eigenvalue weighted by Crippen LogP contribution is -2.17. The van der Waals surface area contributed by atoms with Crippen LogP contribution >= 0.6 is 11.6 Å². The normalized spacial score (nSPS) is 22.1. The molecule has 1 aliphatic rings. The van der Waals surface area contributed by atoms with Crippen molar-refractivity contribution in [2.75, 3.05) is 5.32 Å². The van der Waals surface area contributed by atoms with Crippen LogP contribution in [0.5, 0.6) is 0 Å². The van der Waals surface area contributed by atoms with Crippen LogP contribution < -0.4 is 10.5 Å². The maximum atomic E-state index is 11.9. The van der Waals surface area contributed by atoms with E-state index in [0.717, 1.165) is 6.42 Å². The van der Waals surface area contributed by atoms with Crippen molar-refractivity contribution in [1.82, 2.24) is 0 Å². The molecule has 7 heteroatoms. The Balaban J connectivity index is 2.30. The Morgan fingerprint density at radius 2 is 2.05 bits per heavy atom. The minimum Gasteiger partial charge on any atom is -0.324 e. The molecule has 0 heterocycles. The molecule has 19 heavy (non-hydrogen) atoms. The molecule has 104 valence electrons. The van der Waals surface area contributed by atoms with Gasteiger partial charge in [-0.15, -0.1) is 0 Å². The second-order valence-electron chi connectivity index (χ2n) is 4.95. The summed E-state index contributed by atoms with van der Waals surface area (Å²) in [5.41, 5.74) is 1.01. The maximum Gasteiger partial charge on any atom is 0.238 e. The van der Waals surface area contributed by atoms with Gasteiger partial charge in [0.25, 0.3) is 0 Å². The van der Waals surface area contributed by atoms with Crippen molar-refractivity contribution < 1.29 is 13.2 Å². The molecule has 1 aromatic carbocycles. The van der Waals surface area contributed by atoms with E-state index in [9.17, 15) is 13.2 Å². The van der Waals surface area contributed by atoms with E-state index >= 15 is 0 Å². The van der Waals surface area contributed by atoms with Crippen LogP contribution in [-0.2, 0) is 14.8 Å². The molecule has 0 spiro atoms. The second-order valence-corrected chi connectivity index (χ2v) is 6.92. The highest BCUT2D eigenvalue weighted by Crippen LogP contribution is 2.39. The van der Waals surface area contributed by atoms with Crippen LogP contribution in [0.15, 0.2) is 17.0 Å². The van der Waals surface area contributed by atoms with Crippen LogP contribution in [0.4, 0.5) is 5.69 Å². The maximum absolute atomic E-state index is 11.9. The highest BCUT2D eigenvalue weighted by molar-refractivity contribution is 7.89. The predicted octanol–water partition coefficient (Wildman–Crippen LogP) is 1.89. The average Bonchev–Trinajstić information content (AvgIpc) is 2.99. The third-order valence-electron chi connectivity index (χ3n) is 3.28. The fourth-order valence-electron chi connectivity index (χ4n) is 1.94. The van der Waals surface area contributed by atoms with Gasteiger partial charge in [-0.2, -0.15) is 0 Å². The molecule has 5 nitrogen and oxygen atoms in total. The number of carbonyl (C=O) groups excluding carboxylic acids is 1. The topological polar surface area (TPSA) is 89.3 Å². The first kappa shape index (κ1) is 14.3. The van der Waals surface area contributed by atoms with Crippen LogP contribution in [0.25, 0.3) is 0 Å². The minimum atomic E-state index is -3.80. The highest BCUT2D eigenvalue weighted by Gasteiger charge is 2.39. The number of benzene rings is 1. The molecule has 0 bridgehead atoms. The molecule has 0 saturated heterocycles. The Morgan fingerprint density at radius 3 is 2.47 bits per heavy atom. The second kappa shape index (κ2) is 4.77. The van der Waals surface area contributed by atoms with Crippen LogP contribution in [0.3, 0.4) is 0 Å². The third kappa shape index (κ3) is 3.08. The van der Waals surface area contributed by atoms with Crippen molar-refractivity contribution >= 4 is 33.2 Å². The molecule has 1 aliphatic carbocycles. The zero-order chi connectivity index (χ0) is 14.4. The molecular weight excluding hydrogens is 288 g/mol. The number of primary sulfonamides is 1. The smallest absolute Gasteiger partial charge is 0.238 e. The van der Waals surface area contributed by atoms with E-state index in [2.05, 4.69) is 5.32 Å². The number of anilines is 1. The molecule has 1 amide bonds. The number of carbonyl (C=O) groups is 1. The Kier molecular flexibility index (Phi) is 3.59. The average molecular weight is 303 g/mol. The van der Waals surface area contributed by atoms with E-state index in [0.29, 0.717) is 17.2 Å². The fourth-order valence-corrected chi connectivity index (χ4v) is 2.94. The van der Waals surface area contributed by atoms with Gasteiger partial charge >= 0.3 is 0 Å². The van der Waals surface area contributed by atoms with Crippen molar-refractivity contribution in [3.8, 4) is 0 Å². The Labute approximate surface area is 117 Å². The van der Waals surface area contributed by atoms with Gasteiger partial charge in [0.2, 0.25) is 15.9 Å². The van der Waals surface area contributed by atoms with Crippen molar-refractivity contribution in [1.29, 1.82) is 0 Å². The largest absolute Gasteiger partial charge is 0.324 e. The molecule has 2 unspecified atom stereocenters. The summed E-state index contributed by atoms with van der Waals surface area (Å²) in [7, 11) is -3.80. The molecule has 0 aromatic heterocycles. The van der Waals surface area contributed by atoms with Gasteiger partial charge in [0.15, 0.2) is 0 Å². The summed E-state index contributed by atoms with van der Waals surface area (Å²) < 4.78 is 22.5. The summed E-state index contributed by atoms with van der Waals surface area (Å²) >= 11 is 6.01. The van der Waals surface area contributed by atoms with Gasteiger partial charge in [0.1, 0.15) is 0 Å². The summed E-state index contributed by atoms with van der Waals surface area (Å²) in [6.45, 7) is 3.68. The number of hydrogen-bond donors (Lipinski definition) is 2. The van der Waals surface area contributed by atoms with E-state index in [1.807, 2.05) is 6.92 Å². The number of amides is 1. The van der Waals surface area contributed by atoms with Crippen LogP contribution in [0.2, 0.25) is 5.02 Å². The zero-order valence-corrected chi connectivity index (χ0v) is 12.2. The quantitative estimate of drug-likeness (QED) is 0.893. The summed E-state index contributed by atoms with van der Waals surface area (Å²) in [4.78, 5) is 11.8. The van der Waals surface area contributed by atoms with Crippen molar-refractivity contribution in [3.63, 3.8) is 0 Å². The lowest BCUT2D eigenvalue weighted by Gasteiger charge is -2.12. The summed E-state index contributed by atoms with van der Waals surface area (Å²) in [6.07, 6.45) is 0.873. The van der Waals surface area contributed by atoms with Gasteiger partial charge in [-0.3, -0.25) is 4.79 Å². The number of sulfonamides is 1. The van der Waals surface area contributed by atoms with E-state index in [-0.39, 0.29) is 21.7 Å². The number of nitrogens with one attached hydrogen (secondary N) is 1. The van der Waals surface area contributed by atoms with Gasteiger partial charge in [-0.05, 0) is 37.0 Å². The first-order chi connectivity index (χ1) is 8.70. The minimum absolute atomic E-state index is 0.0217. The number of aryl methyl sites for hydroxylation is 1. The number of halogens is 1. The zero-order valence-electron chi connectivity index (χ0n) is 10.6. The highest BCUT2D eigenvalue weighted by atomic mass is 35.5. The van der Waals surface area contributed by atoms with Crippen LogP contribution in [0, 0.1) is 18.8 Å². The third-order valence-corrected chi connectivity index (χ3v) is 4.47. The van der Waals surface area contributed by atoms with Gasteiger partial charge in [0, 0.05) is 5.92 Å². The van der Waals surface area contributed by atoms with Crippen molar-refractivity contribution in [2.45, 2.75) is 25.2 Å². The molecule has 1 fully saturated rings. The summed E-state index contributed by atoms with van der Waals surface area (Å²) in [5.74, 6) is 0.331. The van der Waals surface area contributed by atoms with E-state index in [1.165, 1.54) is 12.1 Å². The van der Waals surface area contributed by atoms with E-state index in [4.69, 9.17) is 16.7 Å². The summed E-state index contributed by atoms with van der Waals surface area (Å²) in [5, 5.41) is 7.96. The Bertz CT molecular complexity index is 619. The molecular formula is C12H15ClN2O3S. The summed E-state index contributed by atoms with van der Waals surface area (Å²) in [6, 6.07) is 2.64. The van der Waals surface area contributed by atoms with Crippen LogP contribution in [0.1, 0.15) is 18.9 Å². The first-order valence-electron chi connectivity index (χ1n) is 5.84. The predicted molar refractivity (Wildman–Crippen MR) is 73.5 cm³/mol. The lowest BCUT2D eigenvalue weighted by molar-refractivity contribution is -0.117. The molecule has 1 saturated carbocycles. The molecule has 0 aliphatic heterocycles. The van der Waals surface area contributed by atoms with Gasteiger partial charge in [0.05, 0.1) is 15.6 Å². The van der Waals surface area contributed by atoms with Crippen LogP contribution in [-0.4, -0.2) is 14.3 Å². The first-order valence-corrected chi connectivity index (χ1v) is 7.76. The molecule has 3 N–H and O–H groups in total. The Morgan fingerprint density at radius 1 is 1.47 bits per heavy atom. The molecule has 1 aromatic rings. The Hall–Kier alpha value is -1.11. The van der Waals surface area contributed by atoms with Crippen molar-refractivity contribution in [3.05, 3.63) is 22.7 Å². The van der Waals surface area contributed by atoms with Gasteiger partial charge in [-0.1, -0.05) is 18.5 Å². The number of hydrogen-bond acceptors (Lipinski definition) is 3. The fraction of sp³-hybridized carbons (Fsp3) is 0.417. The van der Waals surface area contributed by atoms with E-state index < -0.39 is 10.0 Å². The van der Waals surface area contributed by atoms with E-state index in [1.54, 1.807) is 6.92 Å². The molecule has 0 radical (unpaired) electrons. The molecule has 2 atom stereocenters. The lowest BCUT2D eigenvalue weighted by atomic mass is 10.2. The van der Waals surface area contributed by atoms with Gasteiger partial charge < -0.3 is 5.32 Å². The van der Waals surface area contributed by atoms with Gasteiger partial charge in [-0.25, -0.2) is 13.6 Å². The number of nitrogens with two attached hydrogens (primary N) is 1. The molecule has 2 rings (SSSR count). The monoisotopic (exact) mass is 302 g/mol. The standard InChI is InChI=1S/C12H15ClN2O3S/c1-6-4-9(6)12(16)15-11-7(2)3-8(5-10(11)13)19(14,17)18/h3,5-6,9H,4H2,1-2H3,(H,15,16)(H2,14,17,18). The van der Waals surface area contributed by atoms with Crippen molar-refractivity contribution in [2.24, 2.45) is 17.0 Å². The number of rotatable bonds is 3. The SMILES string of the molecule is Cc1cc(S(N)(=O)=O)cc(Cl)c1NC(=O)C1CC1C.